The van der Waals surface area contributed by atoms with Crippen LogP contribution < -0.4 is 16.4 Å². The molecule has 27 heteroatoms. The minimum atomic E-state index is -5.22. The summed E-state index contributed by atoms with van der Waals surface area (Å²) in [7, 11) is -15.3. The Morgan fingerprint density at radius 3 is 1.69 bits per heavy atom. The molecular weight excluding hydrogens is 962 g/mol. The maximum atomic E-state index is 12.6. The summed E-state index contributed by atoms with van der Waals surface area (Å²) < 4.78 is 105. The molecule has 0 spiro atoms. The third-order valence-corrected chi connectivity index (χ3v) is 12.1. The topological polar surface area (TPSA) is 331 Å². The van der Waals surface area contributed by atoms with Gasteiger partial charge in [0.1, 0.15) is 37.5 Å². The monoisotopic (exact) mass is 1000 g/mol. The molecule has 0 heterocycles. The Morgan fingerprint density at radius 2 is 1.10 bits per heavy atom. The van der Waals surface area contributed by atoms with Crippen LogP contribution in [-0.4, -0.2) is 169 Å². The van der Waals surface area contributed by atoms with Crippen molar-refractivity contribution in [3.05, 3.63) is 103 Å². The van der Waals surface area contributed by atoms with E-state index in [0.717, 1.165) is 37.5 Å². The fraction of sp³-hybridized carbons (Fsp3) is 0.150. The summed E-state index contributed by atoms with van der Waals surface area (Å²) in [5.41, 5.74) is 5.59. The second-order valence-electron chi connectivity index (χ2n) is 13.7. The molecule has 0 bridgehead atoms. The summed E-state index contributed by atoms with van der Waals surface area (Å²) in [4.78, 5) is -0.410. The van der Waals surface area contributed by atoms with Gasteiger partial charge in [-0.15, -0.1) is 15.3 Å². The molecule has 21 nitrogen and oxygen atoms in total. The average molecular weight is 1000 g/mol. The number of nitrogens with one attached hydrogen (secondary N) is 2. The first-order chi connectivity index (χ1) is 30.3. The zero-order chi connectivity index (χ0) is 46.4. The molecule has 67 heavy (non-hydrogen) atoms. The Morgan fingerprint density at radius 1 is 0.582 bits per heavy atom. The van der Waals surface area contributed by atoms with Crippen molar-refractivity contribution in [1.29, 1.82) is 0 Å². The van der Waals surface area contributed by atoms with Crippen molar-refractivity contribution in [2.45, 2.75) is 28.5 Å². The molecule has 6 rings (SSSR count). The quantitative estimate of drug-likeness (QED) is 0.0185. The molecule has 6 aromatic carbocycles. The number of phenolic OH excluding ortho intramolecular Hbond substituents is 2. The van der Waals surface area contributed by atoms with Gasteiger partial charge in [-0.3, -0.25) is 13.7 Å². The van der Waals surface area contributed by atoms with Crippen LogP contribution in [0.5, 0.6) is 11.5 Å². The second-order valence-corrected chi connectivity index (χ2v) is 17.8. The molecule has 0 unspecified atom stereocenters. The third-order valence-electron chi connectivity index (χ3n) is 9.45. The van der Waals surface area contributed by atoms with E-state index >= 15 is 0 Å². The van der Waals surface area contributed by atoms with Gasteiger partial charge in [0.15, 0.2) is 5.75 Å². The van der Waals surface area contributed by atoms with Crippen LogP contribution in [-0.2, 0) is 30.4 Å². The van der Waals surface area contributed by atoms with Crippen LogP contribution in [0, 0.1) is 0 Å². The predicted molar refractivity (Wildman–Crippen MR) is 256 cm³/mol. The Bertz CT molecular complexity index is 3170. The molecule has 0 aliphatic heterocycles. The number of nitrogen functional groups attached to an aromatic ring is 1. The van der Waals surface area contributed by atoms with Gasteiger partial charge < -0.3 is 31.5 Å². The molecule has 0 atom stereocenters. The van der Waals surface area contributed by atoms with Gasteiger partial charge in [-0.05, 0) is 97.3 Å². The van der Waals surface area contributed by atoms with Gasteiger partial charge in [0, 0.05) is 119 Å². The van der Waals surface area contributed by atoms with Crippen molar-refractivity contribution in [1.82, 2.24) is 4.90 Å². The molecule has 337 valence electrons. The number of nitrogens with zero attached hydrogens (tertiary/aromatic N) is 7. The number of azo groups is 3. The minimum Gasteiger partial charge on any atom is -0.506 e. The Labute approximate surface area is 452 Å². The number of rotatable bonds is 17. The number of aromatic hydroxyl groups is 2. The van der Waals surface area contributed by atoms with E-state index in [1.54, 1.807) is 60.7 Å². The van der Waals surface area contributed by atoms with Crippen molar-refractivity contribution in [3.8, 4) is 11.5 Å². The second kappa shape index (κ2) is 24.6. The van der Waals surface area contributed by atoms with Crippen molar-refractivity contribution in [3.63, 3.8) is 0 Å². The van der Waals surface area contributed by atoms with E-state index in [4.69, 9.17) is 5.73 Å². The van der Waals surface area contributed by atoms with Crippen LogP contribution in [0.2, 0.25) is 0 Å². The van der Waals surface area contributed by atoms with Crippen LogP contribution in [0.4, 0.5) is 56.9 Å². The van der Waals surface area contributed by atoms with Gasteiger partial charge in [0.05, 0.1) is 33.8 Å². The smallest absolute Gasteiger partial charge is 0.296 e. The van der Waals surface area contributed by atoms with E-state index in [-0.39, 0.29) is 117 Å². The predicted octanol–water partition coefficient (Wildman–Crippen LogP) is 8.17. The molecule has 0 amide bonds. The summed E-state index contributed by atoms with van der Waals surface area (Å²) in [5.74, 6) is -1.05. The van der Waals surface area contributed by atoms with E-state index in [9.17, 15) is 49.1 Å². The molecular formula is C40H40N10Na3O11S3. The summed E-state index contributed by atoms with van der Waals surface area (Å²) in [6, 6.07) is 23.8. The standard InChI is InChI=1S/C40H40N10O11S3.3Na/c1-3-50(4-2)19-18-42-28-14-16-30(32(51)22-28)47-44-27-12-10-25(11-13-27)43-31-17-15-29(23-33(31)62(53,54)55)46-48-38-34(63(56,57)58)20-24-21-35(64(59,60)61)39(40(52)36(24)37(38)41)49-45-26-8-6-5-7-9-26;;;/h5-17,20-23,42-43,51-52H,3-4,18-19,41H2,1-2H3,(H,53,54,55)(H,56,57,58)(H,59,60,61);;;. The number of fused-ring (bicyclic) bond motifs is 1. The number of likely N-dealkylation sites (N-methyl/N-ethyl adjacent to an activating group) is 1. The molecule has 3 radical (unpaired) electrons. The molecule has 0 aliphatic carbocycles. The fourth-order valence-electron chi connectivity index (χ4n) is 6.20. The number of phenols is 2. The molecule has 0 saturated heterocycles. The maximum absolute atomic E-state index is 12.6. The van der Waals surface area contributed by atoms with E-state index in [1.807, 2.05) is 0 Å². The first-order valence-electron chi connectivity index (χ1n) is 18.9. The van der Waals surface area contributed by atoms with Gasteiger partial charge in [0.25, 0.3) is 30.4 Å². The SMILES string of the molecule is CCN(CC)CCNc1ccc(N=Nc2ccc(Nc3ccc(N=Nc4c(S(=O)(=O)O)cc5cc(S(=O)(=O)O)c(N=Nc6ccccc6)c(O)c5c4N)cc3S(=O)(=O)O)cc2)c(O)c1.[Na].[Na].[Na]. The summed E-state index contributed by atoms with van der Waals surface area (Å²) in [6.07, 6.45) is 0. The summed E-state index contributed by atoms with van der Waals surface area (Å²) in [6.45, 7) is 7.58. The van der Waals surface area contributed by atoms with Crippen molar-refractivity contribution >= 4 is 187 Å². The number of anilines is 4. The number of benzene rings is 6. The van der Waals surface area contributed by atoms with Crippen molar-refractivity contribution in [2.75, 3.05) is 42.5 Å². The Kier molecular flexibility index (Phi) is 21.0. The number of hydrogen-bond donors (Lipinski definition) is 8. The fourth-order valence-corrected chi connectivity index (χ4v) is 8.19. The van der Waals surface area contributed by atoms with Gasteiger partial charge in [0.2, 0.25) is 0 Å². The molecule has 6 aromatic rings. The largest absolute Gasteiger partial charge is 0.506 e. The van der Waals surface area contributed by atoms with E-state index in [1.165, 1.54) is 24.3 Å². The number of hydrogen-bond acceptors (Lipinski definition) is 18. The van der Waals surface area contributed by atoms with Crippen LogP contribution in [0.25, 0.3) is 10.8 Å². The normalized spacial score (nSPS) is 12.0. The zero-order valence-corrected chi connectivity index (χ0v) is 45.2. The van der Waals surface area contributed by atoms with Gasteiger partial charge in [-0.25, -0.2) is 0 Å². The van der Waals surface area contributed by atoms with Crippen LogP contribution in [0.15, 0.2) is 149 Å². The molecule has 0 aromatic heterocycles. The van der Waals surface area contributed by atoms with Gasteiger partial charge >= 0.3 is 0 Å². The first kappa shape index (κ1) is 57.4. The van der Waals surface area contributed by atoms with Crippen LogP contribution >= 0.6 is 0 Å². The Hall–Kier alpha value is -3.93. The maximum Gasteiger partial charge on any atom is 0.296 e. The van der Waals surface area contributed by atoms with Gasteiger partial charge in [-0.2, -0.15) is 40.6 Å². The van der Waals surface area contributed by atoms with E-state index < -0.39 is 78.6 Å². The summed E-state index contributed by atoms with van der Waals surface area (Å²) >= 11 is 0. The summed E-state index contributed by atoms with van der Waals surface area (Å²) in [5, 5.41) is 50.7. The molecule has 0 saturated carbocycles. The molecule has 9 N–H and O–H groups in total. The third kappa shape index (κ3) is 14.8. The van der Waals surface area contributed by atoms with Crippen molar-refractivity contribution in [2.24, 2.45) is 30.7 Å². The molecule has 0 fully saturated rings. The van der Waals surface area contributed by atoms with Crippen LogP contribution in [0.3, 0.4) is 0 Å². The first-order valence-corrected chi connectivity index (χ1v) is 23.2. The van der Waals surface area contributed by atoms with E-state index in [0.29, 0.717) is 24.0 Å². The Balaban J connectivity index is 0.00000397. The zero-order valence-electron chi connectivity index (χ0n) is 36.8. The average Bonchev–Trinajstić information content (AvgIpc) is 3.24. The molecule has 0 aliphatic rings. The minimum absolute atomic E-state index is 0. The number of nitrogens with two attached hydrogens (primary N) is 1. The van der Waals surface area contributed by atoms with Gasteiger partial charge in [-0.1, -0.05) is 32.0 Å². The van der Waals surface area contributed by atoms with Crippen LogP contribution in [0.1, 0.15) is 13.8 Å². The van der Waals surface area contributed by atoms with Crippen molar-refractivity contribution < 1.29 is 49.1 Å². The van der Waals surface area contributed by atoms with E-state index in [2.05, 4.69) is 60.1 Å².